The first-order valence-electron chi connectivity index (χ1n) is 9.75. The molecule has 1 aliphatic rings. The molecule has 1 fully saturated rings. The van der Waals surface area contributed by atoms with Gasteiger partial charge >= 0.3 is 0 Å². The third-order valence-corrected chi connectivity index (χ3v) is 6.00. The van der Waals surface area contributed by atoms with Gasteiger partial charge in [-0.1, -0.05) is 18.2 Å². The van der Waals surface area contributed by atoms with Crippen molar-refractivity contribution in [2.24, 2.45) is 0 Å². The van der Waals surface area contributed by atoms with Gasteiger partial charge in [-0.3, -0.25) is 9.69 Å². The summed E-state index contributed by atoms with van der Waals surface area (Å²) in [7, 11) is 1.65. The van der Waals surface area contributed by atoms with Crippen LogP contribution in [0.3, 0.4) is 0 Å². The first-order chi connectivity index (χ1) is 14.2. The average Bonchev–Trinajstić information content (AvgIpc) is 3.44. The van der Waals surface area contributed by atoms with Gasteiger partial charge in [0.2, 0.25) is 0 Å². The molecule has 2 aromatic carbocycles. The highest BCUT2D eigenvalue weighted by Crippen LogP contribution is 2.31. The summed E-state index contributed by atoms with van der Waals surface area (Å²) in [5, 5.41) is 2.68. The van der Waals surface area contributed by atoms with Crippen LogP contribution in [0, 0.1) is 6.92 Å². The number of amides is 1. The van der Waals surface area contributed by atoms with Crippen LogP contribution >= 0.6 is 11.3 Å². The second kappa shape index (κ2) is 8.76. The highest BCUT2D eigenvalue weighted by Gasteiger charge is 2.27. The normalized spacial score (nSPS) is 16.0. The van der Waals surface area contributed by atoms with Crippen LogP contribution in [0.5, 0.6) is 5.75 Å². The van der Waals surface area contributed by atoms with Crippen molar-refractivity contribution in [3.63, 3.8) is 0 Å². The second-order valence-corrected chi connectivity index (χ2v) is 7.95. The summed E-state index contributed by atoms with van der Waals surface area (Å²) in [5.74, 6) is 0.771. The van der Waals surface area contributed by atoms with Gasteiger partial charge in [0.05, 0.1) is 25.5 Å². The van der Waals surface area contributed by atoms with Crippen LogP contribution < -0.4 is 9.64 Å². The zero-order chi connectivity index (χ0) is 20.2. The molecule has 29 heavy (non-hydrogen) atoms. The Morgan fingerprint density at radius 1 is 1.24 bits per heavy atom. The van der Waals surface area contributed by atoms with Gasteiger partial charge in [-0.25, -0.2) is 4.98 Å². The van der Waals surface area contributed by atoms with Gasteiger partial charge in [0.15, 0.2) is 5.13 Å². The van der Waals surface area contributed by atoms with Crippen molar-refractivity contribution in [3.8, 4) is 17.0 Å². The fraction of sp³-hybridized carbons (Fsp3) is 0.304. The summed E-state index contributed by atoms with van der Waals surface area (Å²) in [5.41, 5.74) is 3.50. The van der Waals surface area contributed by atoms with E-state index in [-0.39, 0.29) is 12.0 Å². The van der Waals surface area contributed by atoms with Crippen LogP contribution in [0.2, 0.25) is 0 Å². The molecule has 0 unspecified atom stereocenters. The third kappa shape index (κ3) is 4.33. The zero-order valence-electron chi connectivity index (χ0n) is 16.6. The van der Waals surface area contributed by atoms with Crippen molar-refractivity contribution in [2.75, 3.05) is 25.2 Å². The molecule has 150 valence electrons. The largest absolute Gasteiger partial charge is 0.497 e. The first-order valence-corrected chi connectivity index (χ1v) is 10.6. The number of thiazole rings is 1. The molecular weight excluding hydrogens is 384 g/mol. The number of benzene rings is 2. The van der Waals surface area contributed by atoms with Crippen LogP contribution in [0.4, 0.5) is 5.13 Å². The van der Waals surface area contributed by atoms with Gasteiger partial charge in [0.1, 0.15) is 5.75 Å². The maximum absolute atomic E-state index is 13.4. The summed E-state index contributed by atoms with van der Waals surface area (Å²) < 4.78 is 11.0. The number of anilines is 1. The predicted octanol–water partition coefficient (Wildman–Crippen LogP) is 4.95. The van der Waals surface area contributed by atoms with Gasteiger partial charge in [-0.2, -0.15) is 0 Å². The monoisotopic (exact) mass is 408 g/mol. The Balaban J connectivity index is 1.64. The van der Waals surface area contributed by atoms with Gasteiger partial charge < -0.3 is 9.47 Å². The minimum absolute atomic E-state index is 0.0331. The molecule has 0 saturated carbocycles. The zero-order valence-corrected chi connectivity index (χ0v) is 17.4. The van der Waals surface area contributed by atoms with Crippen LogP contribution in [-0.4, -0.2) is 37.3 Å². The number of carbonyl (C=O) groups is 1. The third-order valence-electron chi connectivity index (χ3n) is 5.14. The number of aromatic nitrogens is 1. The molecule has 3 aromatic rings. The lowest BCUT2D eigenvalue weighted by molar-refractivity contribution is 0.0917. The lowest BCUT2D eigenvalue weighted by Gasteiger charge is -2.23. The van der Waals surface area contributed by atoms with Crippen molar-refractivity contribution in [1.82, 2.24) is 4.98 Å². The summed E-state index contributed by atoms with van der Waals surface area (Å²) >= 11 is 1.48. The van der Waals surface area contributed by atoms with Crippen molar-refractivity contribution in [3.05, 3.63) is 65.0 Å². The van der Waals surface area contributed by atoms with Crippen molar-refractivity contribution in [2.45, 2.75) is 25.9 Å². The Labute approximate surface area is 174 Å². The molecule has 0 spiro atoms. The second-order valence-electron chi connectivity index (χ2n) is 7.11. The topological polar surface area (TPSA) is 51.7 Å². The number of hydrogen-bond acceptors (Lipinski definition) is 5. The molecule has 1 saturated heterocycles. The number of ether oxygens (including phenoxy) is 2. The van der Waals surface area contributed by atoms with Crippen LogP contribution in [0.25, 0.3) is 11.3 Å². The molecule has 0 aliphatic carbocycles. The van der Waals surface area contributed by atoms with E-state index in [1.807, 2.05) is 60.8 Å². The summed E-state index contributed by atoms with van der Waals surface area (Å²) in [6.45, 7) is 3.23. The minimum atomic E-state index is -0.0331. The first kappa shape index (κ1) is 19.6. The summed E-state index contributed by atoms with van der Waals surface area (Å²) in [6, 6.07) is 15.5. The molecule has 5 nitrogen and oxygen atoms in total. The standard InChI is InChI=1S/C23H24N2O3S/c1-16-6-3-4-8-20(16)22(26)25(14-19-7-5-13-28-19)23-24-21(15-29-23)17-9-11-18(27-2)12-10-17/h3-4,6,8-12,15,19H,5,7,13-14H2,1-2H3/t19-/m0/s1. The van der Waals surface area contributed by atoms with E-state index in [0.29, 0.717) is 17.2 Å². The number of carbonyl (C=O) groups excluding carboxylic acids is 1. The molecule has 1 amide bonds. The van der Waals surface area contributed by atoms with E-state index in [1.165, 1.54) is 11.3 Å². The molecule has 4 rings (SSSR count). The molecule has 6 heteroatoms. The van der Waals surface area contributed by atoms with Crippen molar-refractivity contribution < 1.29 is 14.3 Å². The Bertz CT molecular complexity index is 978. The molecule has 1 atom stereocenters. The SMILES string of the molecule is COc1ccc(-c2csc(N(C[C@@H]3CCCO3)C(=O)c3ccccc3C)n2)cc1. The van der Waals surface area contributed by atoms with E-state index in [4.69, 9.17) is 14.5 Å². The van der Waals surface area contributed by atoms with Crippen LogP contribution in [-0.2, 0) is 4.74 Å². The molecule has 1 aromatic heterocycles. The Hall–Kier alpha value is -2.70. The number of nitrogens with zero attached hydrogens (tertiary/aromatic N) is 2. The minimum Gasteiger partial charge on any atom is -0.497 e. The lowest BCUT2D eigenvalue weighted by atomic mass is 10.1. The maximum Gasteiger partial charge on any atom is 0.260 e. The van der Waals surface area contributed by atoms with Crippen molar-refractivity contribution >= 4 is 22.4 Å². The number of hydrogen-bond donors (Lipinski definition) is 0. The lowest BCUT2D eigenvalue weighted by Crippen LogP contribution is -2.37. The number of methoxy groups -OCH3 is 1. The predicted molar refractivity (Wildman–Crippen MR) is 116 cm³/mol. The fourth-order valence-electron chi connectivity index (χ4n) is 3.48. The van der Waals surface area contributed by atoms with E-state index >= 15 is 0 Å². The Morgan fingerprint density at radius 2 is 2.03 bits per heavy atom. The molecule has 0 bridgehead atoms. The van der Waals surface area contributed by atoms with Crippen molar-refractivity contribution in [1.29, 1.82) is 0 Å². The molecule has 0 radical (unpaired) electrons. The molecule has 2 heterocycles. The molecule has 0 N–H and O–H groups in total. The van der Waals surface area contributed by atoms with Crippen LogP contribution in [0.1, 0.15) is 28.8 Å². The van der Waals surface area contributed by atoms with Gasteiger partial charge in [-0.05, 0) is 55.7 Å². The van der Waals surface area contributed by atoms with E-state index < -0.39 is 0 Å². The maximum atomic E-state index is 13.4. The summed E-state index contributed by atoms with van der Waals surface area (Å²) in [6.07, 6.45) is 2.05. The number of rotatable bonds is 6. The molecule has 1 aliphatic heterocycles. The Morgan fingerprint density at radius 3 is 2.72 bits per heavy atom. The van der Waals surface area contributed by atoms with Crippen LogP contribution in [0.15, 0.2) is 53.9 Å². The van der Waals surface area contributed by atoms with Gasteiger partial charge in [0.25, 0.3) is 5.91 Å². The fourth-order valence-corrected chi connectivity index (χ4v) is 4.32. The highest BCUT2D eigenvalue weighted by atomic mass is 32.1. The van der Waals surface area contributed by atoms with E-state index in [2.05, 4.69) is 0 Å². The van der Waals surface area contributed by atoms with E-state index in [1.54, 1.807) is 12.0 Å². The smallest absolute Gasteiger partial charge is 0.260 e. The Kier molecular flexibility index (Phi) is 5.92. The van der Waals surface area contributed by atoms with E-state index in [0.717, 1.165) is 42.0 Å². The average molecular weight is 409 g/mol. The van der Waals surface area contributed by atoms with Gasteiger partial charge in [-0.15, -0.1) is 11.3 Å². The highest BCUT2D eigenvalue weighted by molar-refractivity contribution is 7.14. The molecular formula is C23H24N2O3S. The van der Waals surface area contributed by atoms with Gasteiger partial charge in [0, 0.05) is 23.1 Å². The number of aryl methyl sites for hydroxylation is 1. The summed E-state index contributed by atoms with van der Waals surface area (Å²) in [4.78, 5) is 20.0. The quantitative estimate of drug-likeness (QED) is 0.579. The van der Waals surface area contributed by atoms with E-state index in [9.17, 15) is 4.79 Å².